The van der Waals surface area contributed by atoms with Crippen LogP contribution in [0.3, 0.4) is 0 Å². The molecule has 0 spiro atoms. The molecule has 2 rings (SSSR count). The molecule has 5 heteroatoms. The van der Waals surface area contributed by atoms with Gasteiger partial charge in [0.25, 0.3) is 5.91 Å². The quantitative estimate of drug-likeness (QED) is 0.821. The molecule has 0 saturated heterocycles. The van der Waals surface area contributed by atoms with E-state index in [2.05, 4.69) is 5.32 Å². The number of carbonyl (C=O) groups is 2. The number of para-hydroxylation sites is 1. The van der Waals surface area contributed by atoms with Gasteiger partial charge in [-0.25, -0.2) is 0 Å². The minimum Gasteiger partial charge on any atom is -0.480 e. The zero-order chi connectivity index (χ0) is 13.2. The second-order valence-corrected chi connectivity index (χ2v) is 4.44. The van der Waals surface area contributed by atoms with Gasteiger partial charge in [0.1, 0.15) is 11.8 Å². The van der Waals surface area contributed by atoms with Crippen molar-refractivity contribution in [2.24, 2.45) is 0 Å². The number of nitrogens with one attached hydrogen (secondary N) is 1. The third-order valence-corrected chi connectivity index (χ3v) is 2.89. The molecular formula is C13H15NO4. The van der Waals surface area contributed by atoms with Gasteiger partial charge in [0.15, 0.2) is 5.60 Å². The highest BCUT2D eigenvalue weighted by molar-refractivity contribution is 5.91. The normalized spacial score (nSPS) is 17.6. The first kappa shape index (κ1) is 12.4. The molecule has 0 heterocycles. The summed E-state index contributed by atoms with van der Waals surface area (Å²) in [4.78, 5) is 22.6. The molecule has 2 N–H and O–H groups in total. The molecule has 1 aliphatic carbocycles. The summed E-state index contributed by atoms with van der Waals surface area (Å²) in [6, 6.07) is 8.14. The average molecular weight is 249 g/mol. The number of hydrogen-bond acceptors (Lipinski definition) is 3. The van der Waals surface area contributed by atoms with Gasteiger partial charge in [-0.15, -0.1) is 0 Å². The molecule has 96 valence electrons. The molecule has 0 aromatic heterocycles. The molecule has 1 aliphatic rings. The first-order chi connectivity index (χ1) is 8.53. The smallest absolute Gasteiger partial charge is 0.325 e. The van der Waals surface area contributed by atoms with Crippen molar-refractivity contribution >= 4 is 11.9 Å². The molecule has 0 bridgehead atoms. The summed E-state index contributed by atoms with van der Waals surface area (Å²) in [6.45, 7) is 1.43. The van der Waals surface area contributed by atoms with Crippen LogP contribution in [0.25, 0.3) is 0 Å². The van der Waals surface area contributed by atoms with Gasteiger partial charge < -0.3 is 15.2 Å². The largest absolute Gasteiger partial charge is 0.480 e. The molecule has 1 saturated carbocycles. The zero-order valence-corrected chi connectivity index (χ0v) is 10.1. The SMILES string of the molecule is CC(NC(=O)C1(Oc2ccccc2)CC1)C(=O)O. The number of ether oxygens (including phenoxy) is 1. The predicted octanol–water partition coefficient (Wildman–Crippen LogP) is 1.19. The lowest BCUT2D eigenvalue weighted by Gasteiger charge is -2.19. The number of benzene rings is 1. The van der Waals surface area contributed by atoms with E-state index in [4.69, 9.17) is 9.84 Å². The Kier molecular flexibility index (Phi) is 3.23. The molecule has 5 nitrogen and oxygen atoms in total. The van der Waals surface area contributed by atoms with Gasteiger partial charge in [-0.05, 0) is 19.1 Å². The maximum absolute atomic E-state index is 11.9. The van der Waals surface area contributed by atoms with Gasteiger partial charge in [-0.3, -0.25) is 9.59 Å². The Labute approximate surface area is 105 Å². The standard InChI is InChI=1S/C13H15NO4/c1-9(11(15)16)14-12(17)13(7-8-13)18-10-5-3-2-4-6-10/h2-6,9H,7-8H2,1H3,(H,14,17)(H,15,16). The maximum atomic E-state index is 11.9. The Bertz CT molecular complexity index is 453. The molecule has 1 unspecified atom stereocenters. The van der Waals surface area contributed by atoms with Gasteiger partial charge >= 0.3 is 5.97 Å². The summed E-state index contributed by atoms with van der Waals surface area (Å²) >= 11 is 0. The maximum Gasteiger partial charge on any atom is 0.325 e. The van der Waals surface area contributed by atoms with Crippen molar-refractivity contribution in [3.05, 3.63) is 30.3 Å². The molecular weight excluding hydrogens is 234 g/mol. The average Bonchev–Trinajstić information content (AvgIpc) is 3.11. The fourth-order valence-corrected chi connectivity index (χ4v) is 1.59. The second-order valence-electron chi connectivity index (χ2n) is 4.44. The molecule has 18 heavy (non-hydrogen) atoms. The first-order valence-electron chi connectivity index (χ1n) is 5.81. The van der Waals surface area contributed by atoms with Gasteiger partial charge in [-0.1, -0.05) is 18.2 Å². The fraction of sp³-hybridized carbons (Fsp3) is 0.385. The van der Waals surface area contributed by atoms with E-state index in [9.17, 15) is 9.59 Å². The van der Waals surface area contributed by atoms with Gasteiger partial charge in [0, 0.05) is 12.8 Å². The van der Waals surface area contributed by atoms with Crippen LogP contribution in [0.2, 0.25) is 0 Å². The van der Waals surface area contributed by atoms with E-state index in [0.717, 1.165) is 0 Å². The van der Waals surface area contributed by atoms with Crippen molar-refractivity contribution in [2.75, 3.05) is 0 Å². The van der Waals surface area contributed by atoms with Crippen molar-refractivity contribution < 1.29 is 19.4 Å². The lowest BCUT2D eigenvalue weighted by atomic mass is 10.2. The van der Waals surface area contributed by atoms with Crippen LogP contribution in [0.5, 0.6) is 5.75 Å². The Morgan fingerprint density at radius 2 is 1.94 bits per heavy atom. The van der Waals surface area contributed by atoms with Crippen LogP contribution >= 0.6 is 0 Å². The third kappa shape index (κ3) is 2.61. The number of carbonyl (C=O) groups excluding carboxylic acids is 1. The van der Waals surface area contributed by atoms with Gasteiger partial charge in [0.05, 0.1) is 0 Å². The van der Waals surface area contributed by atoms with Crippen LogP contribution in [0.4, 0.5) is 0 Å². The third-order valence-electron chi connectivity index (χ3n) is 2.89. The van der Waals surface area contributed by atoms with Crippen molar-refractivity contribution in [1.29, 1.82) is 0 Å². The Morgan fingerprint density at radius 3 is 2.44 bits per heavy atom. The lowest BCUT2D eigenvalue weighted by Crippen LogP contribution is -2.47. The van der Waals surface area contributed by atoms with E-state index in [1.165, 1.54) is 6.92 Å². The number of hydrogen-bond donors (Lipinski definition) is 2. The summed E-state index contributed by atoms with van der Waals surface area (Å²) in [6.07, 6.45) is 1.22. The van der Waals surface area contributed by atoms with E-state index in [1.54, 1.807) is 12.1 Å². The second kappa shape index (κ2) is 4.68. The molecule has 0 radical (unpaired) electrons. The first-order valence-corrected chi connectivity index (χ1v) is 5.81. The Morgan fingerprint density at radius 1 is 1.33 bits per heavy atom. The van der Waals surface area contributed by atoms with Crippen LogP contribution in [0.1, 0.15) is 19.8 Å². The lowest BCUT2D eigenvalue weighted by molar-refractivity contribution is -0.143. The van der Waals surface area contributed by atoms with Crippen molar-refractivity contribution in [3.8, 4) is 5.75 Å². The number of rotatable bonds is 5. The van der Waals surface area contributed by atoms with Gasteiger partial charge in [0.2, 0.25) is 0 Å². The molecule has 1 aromatic rings. The van der Waals surface area contributed by atoms with Crippen LogP contribution in [-0.2, 0) is 9.59 Å². The van der Waals surface area contributed by atoms with Crippen molar-refractivity contribution in [2.45, 2.75) is 31.4 Å². The highest BCUT2D eigenvalue weighted by atomic mass is 16.5. The summed E-state index contributed by atoms with van der Waals surface area (Å²) in [5.41, 5.74) is -0.884. The topological polar surface area (TPSA) is 75.6 Å². The van der Waals surface area contributed by atoms with E-state index < -0.39 is 17.6 Å². The highest BCUT2D eigenvalue weighted by Crippen LogP contribution is 2.40. The van der Waals surface area contributed by atoms with E-state index in [1.807, 2.05) is 18.2 Å². The number of amides is 1. The zero-order valence-electron chi connectivity index (χ0n) is 10.1. The number of carboxylic acids is 1. The van der Waals surface area contributed by atoms with E-state index in [0.29, 0.717) is 18.6 Å². The predicted molar refractivity (Wildman–Crippen MR) is 64.3 cm³/mol. The monoisotopic (exact) mass is 249 g/mol. The van der Waals surface area contributed by atoms with Crippen LogP contribution in [0, 0.1) is 0 Å². The summed E-state index contributed by atoms with van der Waals surface area (Å²) in [7, 11) is 0. The molecule has 1 aromatic carbocycles. The van der Waals surface area contributed by atoms with Crippen LogP contribution in [-0.4, -0.2) is 28.6 Å². The van der Waals surface area contributed by atoms with Crippen molar-refractivity contribution in [1.82, 2.24) is 5.32 Å². The number of aliphatic carboxylic acids is 1. The van der Waals surface area contributed by atoms with Crippen LogP contribution < -0.4 is 10.1 Å². The summed E-state index contributed by atoms with van der Waals surface area (Å²) in [5.74, 6) is -0.798. The molecule has 1 fully saturated rings. The number of carboxylic acid groups (broad SMARTS) is 1. The Balaban J connectivity index is 1.99. The Hall–Kier alpha value is -2.04. The van der Waals surface area contributed by atoms with Crippen LogP contribution in [0.15, 0.2) is 30.3 Å². The minimum atomic E-state index is -1.06. The highest BCUT2D eigenvalue weighted by Gasteiger charge is 2.53. The summed E-state index contributed by atoms with van der Waals surface area (Å²) in [5, 5.41) is 11.2. The molecule has 1 atom stereocenters. The molecule has 0 aliphatic heterocycles. The molecule has 1 amide bonds. The fourth-order valence-electron chi connectivity index (χ4n) is 1.59. The van der Waals surface area contributed by atoms with E-state index in [-0.39, 0.29) is 5.91 Å². The van der Waals surface area contributed by atoms with Crippen molar-refractivity contribution in [3.63, 3.8) is 0 Å². The minimum absolute atomic E-state index is 0.360. The summed E-state index contributed by atoms with van der Waals surface area (Å²) < 4.78 is 5.65. The van der Waals surface area contributed by atoms with Gasteiger partial charge in [-0.2, -0.15) is 0 Å². The van der Waals surface area contributed by atoms with E-state index >= 15 is 0 Å².